The van der Waals surface area contributed by atoms with Gasteiger partial charge in [-0.3, -0.25) is 0 Å². The number of aromatic hydroxyl groups is 1. The number of hydrogen-bond donors (Lipinski definition) is 1. The van der Waals surface area contributed by atoms with Crippen LogP contribution in [-0.2, 0) is 0 Å². The van der Waals surface area contributed by atoms with Gasteiger partial charge in [-0.25, -0.2) is 0 Å². The first-order chi connectivity index (χ1) is 6.65. The van der Waals surface area contributed by atoms with Crippen LogP contribution in [0.4, 0.5) is 5.69 Å². The van der Waals surface area contributed by atoms with E-state index in [1.807, 2.05) is 0 Å². The van der Waals surface area contributed by atoms with Gasteiger partial charge in [-0.05, 0) is 12.1 Å². The van der Waals surface area contributed by atoms with Crippen molar-refractivity contribution >= 4 is 12.4 Å². The molecule has 72 valence electrons. The number of phenolic OH excluding ortho intramolecular Hbond substituents is 1. The number of ether oxygens (including phenoxy) is 1. The standard InChI is InChI=1S/C9H8N2O3/c1-11(13)8-6-7(14-5-4-10)2-3-9(8)12/h2-3,6,12H,1,5H2. The van der Waals surface area contributed by atoms with Crippen LogP contribution in [0.5, 0.6) is 11.5 Å². The average molecular weight is 192 g/mol. The van der Waals surface area contributed by atoms with Crippen molar-refractivity contribution in [2.75, 3.05) is 6.61 Å². The molecule has 0 aliphatic carbocycles. The van der Waals surface area contributed by atoms with Gasteiger partial charge >= 0.3 is 0 Å². The monoisotopic (exact) mass is 192 g/mol. The Bertz CT molecular complexity index is 396. The zero-order chi connectivity index (χ0) is 10.6. The van der Waals surface area contributed by atoms with Gasteiger partial charge in [-0.1, -0.05) is 0 Å². The van der Waals surface area contributed by atoms with E-state index in [-0.39, 0.29) is 22.8 Å². The molecule has 0 atom stereocenters. The van der Waals surface area contributed by atoms with Crippen LogP contribution in [-0.4, -0.2) is 23.2 Å². The third-order valence-electron chi connectivity index (χ3n) is 1.52. The first-order valence-electron chi connectivity index (χ1n) is 3.75. The molecule has 1 N–H and O–H groups in total. The molecule has 14 heavy (non-hydrogen) atoms. The van der Waals surface area contributed by atoms with Crippen molar-refractivity contribution in [3.63, 3.8) is 0 Å². The van der Waals surface area contributed by atoms with E-state index in [0.29, 0.717) is 5.75 Å². The van der Waals surface area contributed by atoms with Crippen molar-refractivity contribution in [1.82, 2.24) is 0 Å². The summed E-state index contributed by atoms with van der Waals surface area (Å²) in [6.07, 6.45) is 0. The quantitative estimate of drug-likeness (QED) is 0.337. The second-order valence-electron chi connectivity index (χ2n) is 2.48. The molecule has 0 saturated heterocycles. The molecule has 0 heterocycles. The van der Waals surface area contributed by atoms with Gasteiger partial charge in [0.05, 0.1) is 6.07 Å². The van der Waals surface area contributed by atoms with E-state index in [1.54, 1.807) is 6.07 Å². The van der Waals surface area contributed by atoms with Crippen LogP contribution in [0.25, 0.3) is 0 Å². The van der Waals surface area contributed by atoms with Crippen LogP contribution in [0.1, 0.15) is 0 Å². The average Bonchev–Trinajstić information content (AvgIpc) is 2.16. The minimum Gasteiger partial charge on any atom is -0.619 e. The van der Waals surface area contributed by atoms with Gasteiger partial charge in [0.1, 0.15) is 18.5 Å². The van der Waals surface area contributed by atoms with Crippen molar-refractivity contribution in [2.45, 2.75) is 0 Å². The van der Waals surface area contributed by atoms with E-state index in [9.17, 15) is 10.3 Å². The smallest absolute Gasteiger partial charge is 0.261 e. The van der Waals surface area contributed by atoms with Crippen molar-refractivity contribution < 1.29 is 14.6 Å². The number of nitrogens with zero attached hydrogens (tertiary/aromatic N) is 2. The molecule has 0 aromatic heterocycles. The molecule has 1 rings (SSSR count). The second kappa shape index (κ2) is 4.14. The molecule has 0 aliphatic heterocycles. The molecule has 0 saturated carbocycles. The molecule has 0 spiro atoms. The van der Waals surface area contributed by atoms with E-state index < -0.39 is 0 Å². The summed E-state index contributed by atoms with van der Waals surface area (Å²) in [4.78, 5) is 0. The lowest BCUT2D eigenvalue weighted by molar-refractivity contribution is -0.351. The molecule has 0 fully saturated rings. The number of phenols is 1. The highest BCUT2D eigenvalue weighted by Gasteiger charge is 2.09. The van der Waals surface area contributed by atoms with Crippen LogP contribution in [0.15, 0.2) is 18.2 Å². The third kappa shape index (κ3) is 2.14. The maximum Gasteiger partial charge on any atom is 0.261 e. The number of benzene rings is 1. The first kappa shape index (κ1) is 9.86. The van der Waals surface area contributed by atoms with Gasteiger partial charge in [-0.15, -0.1) is 0 Å². The zero-order valence-electron chi connectivity index (χ0n) is 7.30. The van der Waals surface area contributed by atoms with E-state index in [4.69, 9.17) is 10.00 Å². The molecular formula is C9H8N2O3. The first-order valence-corrected chi connectivity index (χ1v) is 3.75. The minimum atomic E-state index is -0.181. The molecule has 0 amide bonds. The maximum atomic E-state index is 10.8. The molecular weight excluding hydrogens is 184 g/mol. The molecule has 0 unspecified atom stereocenters. The molecule has 5 nitrogen and oxygen atoms in total. The number of hydrogen-bond acceptors (Lipinski definition) is 4. The van der Waals surface area contributed by atoms with Crippen LogP contribution in [0.2, 0.25) is 0 Å². The molecule has 1 aromatic rings. The van der Waals surface area contributed by atoms with Gasteiger partial charge < -0.3 is 15.1 Å². The molecule has 0 aliphatic rings. The summed E-state index contributed by atoms with van der Waals surface area (Å²) in [7, 11) is 0. The van der Waals surface area contributed by atoms with Gasteiger partial charge in [0.2, 0.25) is 0 Å². The van der Waals surface area contributed by atoms with Crippen LogP contribution in [0.3, 0.4) is 0 Å². The Morgan fingerprint density at radius 1 is 1.64 bits per heavy atom. The molecule has 5 heteroatoms. The topological polar surface area (TPSA) is 79.3 Å². The van der Waals surface area contributed by atoms with E-state index in [1.165, 1.54) is 18.2 Å². The van der Waals surface area contributed by atoms with Gasteiger partial charge in [-0.2, -0.15) is 10.0 Å². The predicted molar refractivity (Wildman–Crippen MR) is 49.6 cm³/mol. The summed E-state index contributed by atoms with van der Waals surface area (Å²) in [6.45, 7) is 2.98. The maximum absolute atomic E-state index is 10.8. The summed E-state index contributed by atoms with van der Waals surface area (Å²) >= 11 is 0. The van der Waals surface area contributed by atoms with Crippen LogP contribution in [0, 0.1) is 16.5 Å². The zero-order valence-corrected chi connectivity index (χ0v) is 7.30. The van der Waals surface area contributed by atoms with E-state index in [0.717, 1.165) is 0 Å². The fraction of sp³-hybridized carbons (Fsp3) is 0.111. The van der Waals surface area contributed by atoms with E-state index >= 15 is 0 Å². The lowest BCUT2D eigenvalue weighted by Gasteiger charge is -2.05. The Hall–Kier alpha value is -2.22. The summed E-state index contributed by atoms with van der Waals surface area (Å²) in [5.41, 5.74) is 0.000407. The summed E-state index contributed by atoms with van der Waals surface area (Å²) in [6, 6.07) is 5.86. The Kier molecular flexibility index (Phi) is 2.92. The summed E-state index contributed by atoms with van der Waals surface area (Å²) < 4.78 is 5.21. The third-order valence-corrected chi connectivity index (χ3v) is 1.52. The van der Waals surface area contributed by atoms with Gasteiger partial charge in [0, 0.05) is 0 Å². The fourth-order valence-corrected chi connectivity index (χ4v) is 0.908. The van der Waals surface area contributed by atoms with Crippen molar-refractivity contribution in [3.8, 4) is 17.6 Å². The van der Waals surface area contributed by atoms with Gasteiger partial charge in [0.25, 0.3) is 5.69 Å². The largest absolute Gasteiger partial charge is 0.619 e. The van der Waals surface area contributed by atoms with E-state index in [2.05, 4.69) is 6.72 Å². The van der Waals surface area contributed by atoms with Crippen molar-refractivity contribution in [3.05, 3.63) is 23.4 Å². The normalized spacial score (nSPS) is 9.07. The van der Waals surface area contributed by atoms with Gasteiger partial charge in [0.15, 0.2) is 12.4 Å². The predicted octanol–water partition coefficient (Wildman–Crippen LogP) is 1.14. The molecule has 1 aromatic carbocycles. The second-order valence-corrected chi connectivity index (χ2v) is 2.48. The lowest BCUT2D eigenvalue weighted by Crippen LogP contribution is -1.95. The highest BCUT2D eigenvalue weighted by atomic mass is 16.5. The summed E-state index contributed by atoms with van der Waals surface area (Å²) in [5, 5.41) is 28.3. The molecule has 0 bridgehead atoms. The highest BCUT2D eigenvalue weighted by Crippen LogP contribution is 2.29. The number of nitriles is 1. The SMILES string of the molecule is C=[N+]([O-])c1cc(OCC#N)ccc1O. The van der Waals surface area contributed by atoms with Crippen LogP contribution >= 0.6 is 0 Å². The Morgan fingerprint density at radius 3 is 2.93 bits per heavy atom. The van der Waals surface area contributed by atoms with Crippen molar-refractivity contribution in [2.24, 2.45) is 0 Å². The van der Waals surface area contributed by atoms with Crippen LogP contribution < -0.4 is 4.74 Å². The Morgan fingerprint density at radius 2 is 2.36 bits per heavy atom. The number of rotatable bonds is 3. The Labute approximate surface area is 80.7 Å². The highest BCUT2D eigenvalue weighted by molar-refractivity contribution is 5.51. The molecule has 0 radical (unpaired) electrons. The lowest BCUT2D eigenvalue weighted by atomic mass is 10.3. The van der Waals surface area contributed by atoms with Crippen molar-refractivity contribution in [1.29, 1.82) is 5.26 Å². The Balaban J connectivity index is 2.96. The fourth-order valence-electron chi connectivity index (χ4n) is 0.908. The minimum absolute atomic E-state index is 0.000407. The summed E-state index contributed by atoms with van der Waals surface area (Å²) in [5.74, 6) is 0.156.